The number of anilines is 2. The largest absolute Gasteiger partial charge is 0.478 e. The molecule has 3 rings (SSSR count). The molecule has 6 heteroatoms. The molecule has 6 nitrogen and oxygen atoms in total. The quantitative estimate of drug-likeness (QED) is 0.921. The Balaban J connectivity index is 1.73. The van der Waals surface area contributed by atoms with Crippen molar-refractivity contribution in [3.8, 4) is 0 Å². The molecule has 1 fully saturated rings. The number of rotatable bonds is 3. The van der Waals surface area contributed by atoms with E-state index < -0.39 is 5.97 Å². The fourth-order valence-electron chi connectivity index (χ4n) is 2.53. The Morgan fingerprint density at radius 3 is 2.24 bits per heavy atom. The topological polar surface area (TPSA) is 69.6 Å². The van der Waals surface area contributed by atoms with Crippen LogP contribution in [0.5, 0.6) is 0 Å². The first-order valence-corrected chi connectivity index (χ1v) is 6.85. The van der Waals surface area contributed by atoms with E-state index in [9.17, 15) is 9.90 Å². The molecule has 1 N–H and O–H groups in total. The average Bonchev–Trinajstić information content (AvgIpc) is 2.56. The highest BCUT2D eigenvalue weighted by Gasteiger charge is 2.22. The zero-order valence-corrected chi connectivity index (χ0v) is 11.5. The highest BCUT2D eigenvalue weighted by Crippen LogP contribution is 2.22. The highest BCUT2D eigenvalue weighted by molar-refractivity contribution is 5.94. The number of carbonyl (C=O) groups is 1. The average molecular weight is 284 g/mol. The van der Waals surface area contributed by atoms with Crippen LogP contribution in [0, 0.1) is 0 Å². The molecule has 1 saturated heterocycles. The molecule has 0 atom stereocenters. The van der Waals surface area contributed by atoms with Crippen molar-refractivity contribution in [3.63, 3.8) is 0 Å². The second-order valence-corrected chi connectivity index (χ2v) is 4.85. The summed E-state index contributed by atoms with van der Waals surface area (Å²) in [6, 6.07) is 8.92. The van der Waals surface area contributed by atoms with E-state index in [0.29, 0.717) is 5.56 Å². The molecule has 0 amide bonds. The summed E-state index contributed by atoms with van der Waals surface area (Å²) in [7, 11) is 0. The number of benzene rings is 1. The number of hydrogen-bond donors (Lipinski definition) is 1. The van der Waals surface area contributed by atoms with Gasteiger partial charge in [-0.2, -0.15) is 0 Å². The van der Waals surface area contributed by atoms with E-state index in [-0.39, 0.29) is 0 Å². The smallest absolute Gasteiger partial charge is 0.337 e. The Bertz CT molecular complexity index is 625. The molecule has 0 aliphatic carbocycles. The molecule has 0 bridgehead atoms. The zero-order valence-electron chi connectivity index (χ0n) is 11.5. The van der Waals surface area contributed by atoms with Gasteiger partial charge in [0.25, 0.3) is 0 Å². The number of carboxylic acid groups (broad SMARTS) is 1. The Kier molecular flexibility index (Phi) is 3.68. The van der Waals surface area contributed by atoms with Crippen LogP contribution in [-0.2, 0) is 0 Å². The van der Waals surface area contributed by atoms with Crippen LogP contribution in [-0.4, -0.2) is 47.2 Å². The number of hydrogen-bond acceptors (Lipinski definition) is 5. The lowest BCUT2D eigenvalue weighted by Gasteiger charge is -2.36. The molecule has 2 heterocycles. The van der Waals surface area contributed by atoms with Gasteiger partial charge in [-0.25, -0.2) is 14.8 Å². The normalized spacial score (nSPS) is 15.0. The Morgan fingerprint density at radius 2 is 1.57 bits per heavy atom. The number of nitrogens with zero attached hydrogens (tertiary/aromatic N) is 4. The Labute approximate surface area is 122 Å². The first-order chi connectivity index (χ1) is 10.3. The summed E-state index contributed by atoms with van der Waals surface area (Å²) in [5.74, 6) is -0.164. The third kappa shape index (κ3) is 2.79. The van der Waals surface area contributed by atoms with Crippen molar-refractivity contribution in [2.45, 2.75) is 0 Å². The van der Waals surface area contributed by atoms with Gasteiger partial charge in [0.15, 0.2) is 0 Å². The molecule has 1 aromatic carbocycles. The van der Waals surface area contributed by atoms with Gasteiger partial charge in [0, 0.05) is 38.6 Å². The minimum Gasteiger partial charge on any atom is -0.478 e. The predicted molar refractivity (Wildman–Crippen MR) is 79.9 cm³/mol. The summed E-state index contributed by atoms with van der Waals surface area (Å²) >= 11 is 0. The summed E-state index contributed by atoms with van der Waals surface area (Å²) < 4.78 is 0. The van der Waals surface area contributed by atoms with Crippen molar-refractivity contribution in [1.82, 2.24) is 9.97 Å². The first kappa shape index (κ1) is 13.4. The fraction of sp³-hybridized carbons (Fsp3) is 0.267. The van der Waals surface area contributed by atoms with Crippen molar-refractivity contribution < 1.29 is 9.90 Å². The van der Waals surface area contributed by atoms with E-state index in [1.54, 1.807) is 30.6 Å². The number of piperazine rings is 1. The van der Waals surface area contributed by atoms with Crippen LogP contribution in [0.4, 0.5) is 11.6 Å². The van der Waals surface area contributed by atoms with Gasteiger partial charge in [-0.1, -0.05) is 12.1 Å². The molecule has 1 aromatic heterocycles. The number of carboxylic acids is 1. The van der Waals surface area contributed by atoms with Crippen LogP contribution in [0.2, 0.25) is 0 Å². The van der Waals surface area contributed by atoms with Crippen molar-refractivity contribution >= 4 is 17.6 Å². The molecule has 21 heavy (non-hydrogen) atoms. The molecule has 0 saturated carbocycles. The molecule has 108 valence electrons. The van der Waals surface area contributed by atoms with Crippen LogP contribution < -0.4 is 9.80 Å². The van der Waals surface area contributed by atoms with E-state index in [1.807, 2.05) is 12.1 Å². The zero-order chi connectivity index (χ0) is 14.7. The lowest BCUT2D eigenvalue weighted by molar-refractivity contribution is 0.0697. The maximum absolute atomic E-state index is 11.3. The van der Waals surface area contributed by atoms with Gasteiger partial charge in [0.2, 0.25) is 5.95 Å². The minimum absolute atomic E-state index is 0.349. The van der Waals surface area contributed by atoms with Gasteiger partial charge < -0.3 is 14.9 Å². The van der Waals surface area contributed by atoms with E-state index in [0.717, 1.165) is 37.8 Å². The van der Waals surface area contributed by atoms with Crippen molar-refractivity contribution in [2.24, 2.45) is 0 Å². The first-order valence-electron chi connectivity index (χ1n) is 6.85. The highest BCUT2D eigenvalue weighted by atomic mass is 16.4. The van der Waals surface area contributed by atoms with Gasteiger partial charge >= 0.3 is 5.97 Å². The van der Waals surface area contributed by atoms with E-state index in [2.05, 4.69) is 19.8 Å². The maximum atomic E-state index is 11.3. The molecular formula is C15H16N4O2. The van der Waals surface area contributed by atoms with Crippen LogP contribution in [0.3, 0.4) is 0 Å². The third-order valence-corrected chi connectivity index (χ3v) is 3.59. The molecular weight excluding hydrogens is 268 g/mol. The Hall–Kier alpha value is -2.63. The predicted octanol–water partition coefficient (Wildman–Crippen LogP) is 1.50. The van der Waals surface area contributed by atoms with E-state index in [1.165, 1.54) is 0 Å². The molecule has 0 spiro atoms. The van der Waals surface area contributed by atoms with Crippen LogP contribution >= 0.6 is 0 Å². The van der Waals surface area contributed by atoms with Gasteiger partial charge in [-0.15, -0.1) is 0 Å². The fourth-order valence-corrected chi connectivity index (χ4v) is 2.53. The number of para-hydroxylation sites is 1. The molecule has 1 aliphatic heterocycles. The standard InChI is InChI=1S/C15H16N4O2/c20-14(21)12-4-1-2-5-13(12)18-8-10-19(11-9-18)15-16-6-3-7-17-15/h1-7H,8-11H2,(H,20,21). The van der Waals surface area contributed by atoms with Crippen LogP contribution in [0.1, 0.15) is 10.4 Å². The summed E-state index contributed by atoms with van der Waals surface area (Å²) in [5.41, 5.74) is 1.13. The molecule has 1 aliphatic rings. The summed E-state index contributed by atoms with van der Waals surface area (Å²) in [6.45, 7) is 3.06. The number of aromatic nitrogens is 2. The van der Waals surface area contributed by atoms with Gasteiger partial charge in [-0.05, 0) is 18.2 Å². The van der Waals surface area contributed by atoms with Gasteiger partial charge in [-0.3, -0.25) is 0 Å². The molecule has 0 unspecified atom stereocenters. The van der Waals surface area contributed by atoms with Crippen molar-refractivity contribution in [2.75, 3.05) is 36.0 Å². The summed E-state index contributed by atoms with van der Waals surface area (Å²) in [6.07, 6.45) is 3.46. The lowest BCUT2D eigenvalue weighted by atomic mass is 10.1. The Morgan fingerprint density at radius 1 is 0.952 bits per heavy atom. The maximum Gasteiger partial charge on any atom is 0.337 e. The van der Waals surface area contributed by atoms with Gasteiger partial charge in [0.05, 0.1) is 11.3 Å². The van der Waals surface area contributed by atoms with Crippen LogP contribution in [0.15, 0.2) is 42.7 Å². The molecule has 2 aromatic rings. The summed E-state index contributed by atoms with van der Waals surface area (Å²) in [4.78, 5) is 24.0. The molecule has 0 radical (unpaired) electrons. The number of aromatic carboxylic acids is 1. The lowest BCUT2D eigenvalue weighted by Crippen LogP contribution is -2.47. The van der Waals surface area contributed by atoms with Crippen molar-refractivity contribution in [3.05, 3.63) is 48.3 Å². The minimum atomic E-state index is -0.889. The second kappa shape index (κ2) is 5.78. The monoisotopic (exact) mass is 284 g/mol. The van der Waals surface area contributed by atoms with Crippen molar-refractivity contribution in [1.29, 1.82) is 0 Å². The summed E-state index contributed by atoms with van der Waals surface area (Å²) in [5, 5.41) is 9.27. The third-order valence-electron chi connectivity index (χ3n) is 3.59. The van der Waals surface area contributed by atoms with E-state index >= 15 is 0 Å². The van der Waals surface area contributed by atoms with Gasteiger partial charge in [0.1, 0.15) is 0 Å². The second-order valence-electron chi connectivity index (χ2n) is 4.85. The van der Waals surface area contributed by atoms with Crippen LogP contribution in [0.25, 0.3) is 0 Å². The van der Waals surface area contributed by atoms with E-state index in [4.69, 9.17) is 0 Å². The SMILES string of the molecule is O=C(O)c1ccccc1N1CCN(c2ncccn2)CC1.